The Morgan fingerprint density at radius 2 is 2.22 bits per heavy atom. The molecule has 96 valence electrons. The van der Waals surface area contributed by atoms with Gasteiger partial charge in [-0.05, 0) is 31.6 Å². The number of nitro benzene ring substituents is 1. The summed E-state index contributed by atoms with van der Waals surface area (Å²) in [7, 11) is 0. The average molecular weight is 270 g/mol. The maximum absolute atomic E-state index is 11.4. The first-order valence-electron chi connectivity index (χ1n) is 5.25. The van der Waals surface area contributed by atoms with Gasteiger partial charge in [-0.3, -0.25) is 10.1 Å². The van der Waals surface area contributed by atoms with E-state index in [1.165, 1.54) is 18.2 Å². The van der Waals surface area contributed by atoms with Crippen LogP contribution < -0.4 is 0 Å². The largest absolute Gasteiger partial charge is 0.463 e. The highest BCUT2D eigenvalue weighted by Crippen LogP contribution is 2.26. The van der Waals surface area contributed by atoms with Gasteiger partial charge >= 0.3 is 5.97 Å². The zero-order chi connectivity index (χ0) is 13.7. The summed E-state index contributed by atoms with van der Waals surface area (Å²) in [4.78, 5) is 21.5. The predicted molar refractivity (Wildman–Crippen MR) is 68.4 cm³/mol. The number of benzene rings is 1. The molecular weight excluding hydrogens is 258 g/mol. The van der Waals surface area contributed by atoms with Crippen LogP contribution in [-0.2, 0) is 9.53 Å². The van der Waals surface area contributed by atoms with E-state index in [-0.39, 0.29) is 17.3 Å². The van der Waals surface area contributed by atoms with Crippen LogP contribution in [0.4, 0.5) is 5.69 Å². The molecule has 1 rings (SSSR count). The van der Waals surface area contributed by atoms with Gasteiger partial charge in [0.25, 0.3) is 5.69 Å². The molecule has 18 heavy (non-hydrogen) atoms. The maximum atomic E-state index is 11.4. The Morgan fingerprint density at radius 1 is 1.56 bits per heavy atom. The molecule has 0 aromatic heterocycles. The van der Waals surface area contributed by atoms with E-state index in [0.29, 0.717) is 11.1 Å². The number of carbonyl (C=O) groups is 1. The Morgan fingerprint density at radius 3 is 2.78 bits per heavy atom. The molecular formula is C12H12ClNO4. The normalized spacial score (nSPS) is 11.2. The highest BCUT2D eigenvalue weighted by Gasteiger charge is 2.12. The van der Waals surface area contributed by atoms with Crippen molar-refractivity contribution in [1.29, 1.82) is 0 Å². The van der Waals surface area contributed by atoms with Gasteiger partial charge in [-0.1, -0.05) is 17.7 Å². The molecule has 0 heterocycles. The third-order valence-electron chi connectivity index (χ3n) is 2.15. The first kappa shape index (κ1) is 14.2. The first-order chi connectivity index (χ1) is 8.45. The van der Waals surface area contributed by atoms with E-state index in [2.05, 4.69) is 0 Å². The Labute approximate surface area is 109 Å². The summed E-state index contributed by atoms with van der Waals surface area (Å²) >= 11 is 5.69. The fourth-order valence-corrected chi connectivity index (χ4v) is 1.50. The van der Waals surface area contributed by atoms with Gasteiger partial charge in [0.1, 0.15) is 5.02 Å². The lowest BCUT2D eigenvalue weighted by Gasteiger charge is -2.02. The van der Waals surface area contributed by atoms with E-state index < -0.39 is 10.9 Å². The monoisotopic (exact) mass is 269 g/mol. The van der Waals surface area contributed by atoms with E-state index in [1.54, 1.807) is 19.9 Å². The van der Waals surface area contributed by atoms with Crippen molar-refractivity contribution in [3.63, 3.8) is 0 Å². The molecule has 0 spiro atoms. The summed E-state index contributed by atoms with van der Waals surface area (Å²) in [6.45, 7) is 3.57. The van der Waals surface area contributed by atoms with Crippen molar-refractivity contribution in [3.05, 3.63) is 44.5 Å². The third-order valence-corrected chi connectivity index (χ3v) is 2.47. The van der Waals surface area contributed by atoms with Crippen LogP contribution in [0.2, 0.25) is 5.02 Å². The van der Waals surface area contributed by atoms with Gasteiger partial charge in [0.05, 0.1) is 11.5 Å². The Balaban J connectivity index is 3.05. The molecule has 0 bridgehead atoms. The SMILES string of the molecule is CCOC(=O)/C(C)=C\c1ccc(Cl)c([N+](=O)[O-])c1. The molecule has 0 aliphatic rings. The van der Waals surface area contributed by atoms with E-state index in [4.69, 9.17) is 16.3 Å². The van der Waals surface area contributed by atoms with Crippen molar-refractivity contribution in [2.45, 2.75) is 13.8 Å². The zero-order valence-corrected chi connectivity index (χ0v) is 10.7. The van der Waals surface area contributed by atoms with Gasteiger partial charge in [-0.25, -0.2) is 4.79 Å². The fourth-order valence-electron chi connectivity index (χ4n) is 1.31. The zero-order valence-electron chi connectivity index (χ0n) is 9.97. The van der Waals surface area contributed by atoms with E-state index >= 15 is 0 Å². The molecule has 0 unspecified atom stereocenters. The second-order valence-electron chi connectivity index (χ2n) is 3.52. The van der Waals surface area contributed by atoms with Crippen LogP contribution in [-0.4, -0.2) is 17.5 Å². The van der Waals surface area contributed by atoms with Crippen LogP contribution in [0.5, 0.6) is 0 Å². The number of nitrogens with zero attached hydrogens (tertiary/aromatic N) is 1. The molecule has 5 nitrogen and oxygen atoms in total. The minimum atomic E-state index is -0.570. The predicted octanol–water partition coefficient (Wildman–Crippen LogP) is 3.21. The van der Waals surface area contributed by atoms with Crippen LogP contribution >= 0.6 is 11.6 Å². The van der Waals surface area contributed by atoms with Gasteiger partial charge < -0.3 is 4.74 Å². The maximum Gasteiger partial charge on any atom is 0.333 e. The first-order valence-corrected chi connectivity index (χ1v) is 5.63. The minimum Gasteiger partial charge on any atom is -0.463 e. The second kappa shape index (κ2) is 6.16. The highest BCUT2D eigenvalue weighted by molar-refractivity contribution is 6.32. The van der Waals surface area contributed by atoms with E-state index in [1.807, 2.05) is 0 Å². The lowest BCUT2D eigenvalue weighted by Crippen LogP contribution is -2.04. The molecule has 0 saturated heterocycles. The van der Waals surface area contributed by atoms with Gasteiger partial charge in [-0.15, -0.1) is 0 Å². The molecule has 0 saturated carbocycles. The number of ether oxygens (including phenoxy) is 1. The van der Waals surface area contributed by atoms with Crippen molar-refractivity contribution in [2.24, 2.45) is 0 Å². The third kappa shape index (κ3) is 3.56. The number of hydrogen-bond acceptors (Lipinski definition) is 4. The standard InChI is InChI=1S/C12H12ClNO4/c1-3-18-12(15)8(2)6-9-4-5-10(13)11(7-9)14(16)17/h4-7H,3H2,1-2H3/b8-6-. The highest BCUT2D eigenvalue weighted by atomic mass is 35.5. The minimum absolute atomic E-state index is 0.0611. The molecule has 0 aliphatic carbocycles. The molecule has 0 aliphatic heterocycles. The van der Waals surface area contributed by atoms with Crippen LogP contribution in [0, 0.1) is 10.1 Å². The number of carbonyl (C=O) groups excluding carboxylic acids is 1. The van der Waals surface area contributed by atoms with Gasteiger partial charge in [0.2, 0.25) is 0 Å². The topological polar surface area (TPSA) is 69.4 Å². The summed E-state index contributed by atoms with van der Waals surface area (Å²) < 4.78 is 4.81. The van der Waals surface area contributed by atoms with Gasteiger partial charge in [-0.2, -0.15) is 0 Å². The molecule has 0 amide bonds. The summed E-state index contributed by atoms with van der Waals surface area (Å²) in [6, 6.07) is 4.33. The number of halogens is 1. The Hall–Kier alpha value is -1.88. The van der Waals surface area contributed by atoms with Gasteiger partial charge in [0.15, 0.2) is 0 Å². The average Bonchev–Trinajstić information content (AvgIpc) is 2.31. The fraction of sp³-hybridized carbons (Fsp3) is 0.250. The van der Waals surface area contributed by atoms with Crippen LogP contribution in [0.25, 0.3) is 6.08 Å². The molecule has 0 atom stereocenters. The van der Waals surface area contributed by atoms with Crippen molar-refractivity contribution < 1.29 is 14.5 Å². The van der Waals surface area contributed by atoms with Crippen LogP contribution in [0.1, 0.15) is 19.4 Å². The molecule has 0 radical (unpaired) electrons. The molecule has 1 aromatic carbocycles. The Bertz CT molecular complexity index is 511. The quantitative estimate of drug-likeness (QED) is 0.364. The molecule has 0 N–H and O–H groups in total. The van der Waals surface area contributed by atoms with Crippen molar-refractivity contribution in [3.8, 4) is 0 Å². The summed E-state index contributed by atoms with van der Waals surface area (Å²) in [5.74, 6) is -0.449. The van der Waals surface area contributed by atoms with Crippen LogP contribution in [0.15, 0.2) is 23.8 Å². The molecule has 0 fully saturated rings. The van der Waals surface area contributed by atoms with Crippen LogP contribution in [0.3, 0.4) is 0 Å². The van der Waals surface area contributed by atoms with Crippen molar-refractivity contribution in [1.82, 2.24) is 0 Å². The number of nitro groups is 1. The lowest BCUT2D eigenvalue weighted by atomic mass is 10.1. The van der Waals surface area contributed by atoms with Crippen molar-refractivity contribution >= 4 is 29.3 Å². The van der Waals surface area contributed by atoms with E-state index in [0.717, 1.165) is 0 Å². The number of esters is 1. The summed E-state index contributed by atoms with van der Waals surface area (Å²) in [5, 5.41) is 10.8. The summed E-state index contributed by atoms with van der Waals surface area (Å²) in [5.41, 5.74) is 0.701. The lowest BCUT2D eigenvalue weighted by molar-refractivity contribution is -0.384. The Kier molecular flexibility index (Phi) is 4.85. The van der Waals surface area contributed by atoms with Gasteiger partial charge in [0, 0.05) is 11.6 Å². The molecule has 1 aromatic rings. The summed E-state index contributed by atoms with van der Waals surface area (Å²) in [6.07, 6.45) is 1.52. The second-order valence-corrected chi connectivity index (χ2v) is 3.92. The van der Waals surface area contributed by atoms with Crippen molar-refractivity contribution in [2.75, 3.05) is 6.61 Å². The smallest absolute Gasteiger partial charge is 0.333 e. The molecule has 6 heteroatoms. The van der Waals surface area contributed by atoms with E-state index in [9.17, 15) is 14.9 Å². The number of hydrogen-bond donors (Lipinski definition) is 0. The number of rotatable bonds is 4.